The highest BCUT2D eigenvalue weighted by atomic mass is 79.9. The Balaban J connectivity index is 1.56. The zero-order valence-electron chi connectivity index (χ0n) is 15.3. The summed E-state index contributed by atoms with van der Waals surface area (Å²) >= 11 is 3.30. The van der Waals surface area contributed by atoms with Crippen molar-refractivity contribution in [2.45, 2.75) is 23.8 Å². The van der Waals surface area contributed by atoms with Crippen LogP contribution in [0.5, 0.6) is 11.5 Å². The number of hydrogen-bond donors (Lipinski definition) is 2. The maximum absolute atomic E-state index is 12.4. The number of ether oxygens (including phenoxy) is 2. The van der Waals surface area contributed by atoms with E-state index in [1.54, 1.807) is 37.4 Å². The number of halogens is 1. The lowest BCUT2D eigenvalue weighted by Gasteiger charge is -2.11. The van der Waals surface area contributed by atoms with Crippen LogP contribution in [0.3, 0.4) is 0 Å². The van der Waals surface area contributed by atoms with E-state index >= 15 is 0 Å². The van der Waals surface area contributed by atoms with E-state index in [0.717, 1.165) is 18.6 Å². The molecule has 1 aliphatic rings. The summed E-state index contributed by atoms with van der Waals surface area (Å²) in [5.41, 5.74) is 0.253. The molecular weight excluding hydrogens is 448 g/mol. The summed E-state index contributed by atoms with van der Waals surface area (Å²) in [6, 6.07) is 11.5. The maximum atomic E-state index is 12.4. The van der Waals surface area contributed by atoms with Crippen molar-refractivity contribution in [1.29, 1.82) is 0 Å². The molecule has 1 aliphatic carbocycles. The van der Waals surface area contributed by atoms with E-state index in [-0.39, 0.29) is 35.6 Å². The third kappa shape index (κ3) is 5.46. The molecule has 7 nitrogen and oxygen atoms in total. The summed E-state index contributed by atoms with van der Waals surface area (Å²) in [5.74, 6) is 1.01. The van der Waals surface area contributed by atoms with Crippen LogP contribution in [-0.2, 0) is 10.0 Å². The van der Waals surface area contributed by atoms with Gasteiger partial charge in [0.25, 0.3) is 5.91 Å². The topological polar surface area (TPSA) is 93.7 Å². The van der Waals surface area contributed by atoms with Gasteiger partial charge in [0.05, 0.1) is 24.1 Å². The zero-order valence-corrected chi connectivity index (χ0v) is 17.7. The van der Waals surface area contributed by atoms with E-state index in [1.807, 2.05) is 0 Å². The van der Waals surface area contributed by atoms with E-state index in [0.29, 0.717) is 10.2 Å². The fraction of sp³-hybridized carbons (Fsp3) is 0.316. The molecule has 1 fully saturated rings. The van der Waals surface area contributed by atoms with Crippen molar-refractivity contribution in [1.82, 2.24) is 10.0 Å². The fourth-order valence-corrected chi connectivity index (χ4v) is 4.19. The summed E-state index contributed by atoms with van der Waals surface area (Å²) in [6.07, 6.45) is 1.69. The van der Waals surface area contributed by atoms with Crippen molar-refractivity contribution < 1.29 is 22.7 Å². The van der Waals surface area contributed by atoms with Crippen LogP contribution in [0, 0.1) is 0 Å². The molecule has 1 saturated carbocycles. The molecule has 0 radical (unpaired) electrons. The van der Waals surface area contributed by atoms with Crippen molar-refractivity contribution in [2.24, 2.45) is 0 Å². The summed E-state index contributed by atoms with van der Waals surface area (Å²) in [5, 5.41) is 2.73. The minimum Gasteiger partial charge on any atom is -0.497 e. The molecule has 0 unspecified atom stereocenters. The lowest BCUT2D eigenvalue weighted by Crippen LogP contribution is -2.29. The molecule has 2 N–H and O–H groups in total. The standard InChI is InChI=1S/C19H21BrN2O5S/c1-26-14-4-6-15(7-5-14)27-11-10-21-19(23)17-12-16(8-9-18(17)20)28(24,25)22-13-2-3-13/h4-9,12-13,22H,2-3,10-11H2,1H3,(H,21,23). The first-order valence-corrected chi connectivity index (χ1v) is 11.0. The average Bonchev–Trinajstić information content (AvgIpc) is 3.49. The average molecular weight is 469 g/mol. The normalized spacial score (nSPS) is 13.8. The van der Waals surface area contributed by atoms with Crippen molar-refractivity contribution in [3.63, 3.8) is 0 Å². The summed E-state index contributed by atoms with van der Waals surface area (Å²) in [4.78, 5) is 12.5. The lowest BCUT2D eigenvalue weighted by molar-refractivity contribution is 0.0946. The van der Waals surface area contributed by atoms with Gasteiger partial charge in [-0.2, -0.15) is 0 Å². The summed E-state index contributed by atoms with van der Waals surface area (Å²) in [6.45, 7) is 0.547. The minimum atomic E-state index is -3.62. The van der Waals surface area contributed by atoms with Gasteiger partial charge >= 0.3 is 0 Å². The second-order valence-electron chi connectivity index (χ2n) is 6.32. The predicted molar refractivity (Wildman–Crippen MR) is 108 cm³/mol. The molecule has 9 heteroatoms. The van der Waals surface area contributed by atoms with Gasteiger partial charge in [-0.15, -0.1) is 0 Å². The number of carbonyl (C=O) groups excluding carboxylic acids is 1. The van der Waals surface area contributed by atoms with E-state index in [1.165, 1.54) is 12.1 Å². The quantitative estimate of drug-likeness (QED) is 0.551. The first-order chi connectivity index (χ1) is 13.4. The second-order valence-corrected chi connectivity index (χ2v) is 8.89. The van der Waals surface area contributed by atoms with Crippen LogP contribution in [0.1, 0.15) is 23.2 Å². The van der Waals surface area contributed by atoms with Crippen LogP contribution in [0.2, 0.25) is 0 Å². The minimum absolute atomic E-state index is 0.000951. The molecule has 0 bridgehead atoms. The predicted octanol–water partition coefficient (Wildman–Crippen LogP) is 2.71. The number of nitrogens with one attached hydrogen (secondary N) is 2. The third-order valence-electron chi connectivity index (χ3n) is 4.11. The van der Waals surface area contributed by atoms with E-state index in [4.69, 9.17) is 9.47 Å². The molecule has 0 atom stereocenters. The molecule has 0 aliphatic heterocycles. The smallest absolute Gasteiger partial charge is 0.252 e. The molecule has 0 saturated heterocycles. The van der Waals surface area contributed by atoms with Crippen molar-refractivity contribution in [3.05, 3.63) is 52.5 Å². The molecule has 0 heterocycles. The molecule has 0 aromatic heterocycles. The molecule has 2 aromatic rings. The summed E-state index contributed by atoms with van der Waals surface area (Å²) in [7, 11) is -2.03. The summed E-state index contributed by atoms with van der Waals surface area (Å²) < 4.78 is 38.5. The zero-order chi connectivity index (χ0) is 20.1. The third-order valence-corrected chi connectivity index (χ3v) is 6.32. The molecule has 0 spiro atoms. The van der Waals surface area contributed by atoms with Crippen LogP contribution in [0.25, 0.3) is 0 Å². The Morgan fingerprint density at radius 3 is 2.46 bits per heavy atom. The SMILES string of the molecule is COc1ccc(OCCNC(=O)c2cc(S(=O)(=O)NC3CC3)ccc2Br)cc1. The maximum Gasteiger partial charge on any atom is 0.252 e. The Morgan fingerprint density at radius 2 is 1.82 bits per heavy atom. The first-order valence-electron chi connectivity index (χ1n) is 8.76. The lowest BCUT2D eigenvalue weighted by atomic mass is 10.2. The highest BCUT2D eigenvalue weighted by Gasteiger charge is 2.28. The number of rotatable bonds is 9. The molecule has 150 valence electrons. The second kappa shape index (κ2) is 8.93. The van der Waals surface area contributed by atoms with Crippen LogP contribution in [-0.4, -0.2) is 40.6 Å². The Bertz CT molecular complexity index is 943. The monoisotopic (exact) mass is 468 g/mol. The Morgan fingerprint density at radius 1 is 1.14 bits per heavy atom. The van der Waals surface area contributed by atoms with Gasteiger partial charge < -0.3 is 14.8 Å². The van der Waals surface area contributed by atoms with Gasteiger partial charge in [-0.25, -0.2) is 13.1 Å². The van der Waals surface area contributed by atoms with Gasteiger partial charge in [-0.1, -0.05) is 0 Å². The number of sulfonamides is 1. The van der Waals surface area contributed by atoms with Gasteiger partial charge in [0.2, 0.25) is 10.0 Å². The van der Waals surface area contributed by atoms with Crippen molar-refractivity contribution in [2.75, 3.05) is 20.3 Å². The number of hydrogen-bond acceptors (Lipinski definition) is 5. The molecule has 2 aromatic carbocycles. The van der Waals surface area contributed by atoms with Gasteiger partial charge in [0.1, 0.15) is 18.1 Å². The largest absolute Gasteiger partial charge is 0.497 e. The Labute approximate surface area is 172 Å². The van der Waals surface area contributed by atoms with Crippen LogP contribution in [0.15, 0.2) is 51.8 Å². The molecule has 1 amide bonds. The van der Waals surface area contributed by atoms with Crippen LogP contribution < -0.4 is 19.5 Å². The van der Waals surface area contributed by atoms with Gasteiger partial charge in [0.15, 0.2) is 0 Å². The van der Waals surface area contributed by atoms with Crippen LogP contribution >= 0.6 is 15.9 Å². The molecule has 28 heavy (non-hydrogen) atoms. The number of amides is 1. The molecule has 3 rings (SSSR count). The van der Waals surface area contributed by atoms with E-state index < -0.39 is 10.0 Å². The fourth-order valence-electron chi connectivity index (χ4n) is 2.43. The van der Waals surface area contributed by atoms with Crippen LogP contribution in [0.4, 0.5) is 0 Å². The number of carbonyl (C=O) groups is 1. The van der Waals surface area contributed by atoms with Gasteiger partial charge in [0, 0.05) is 10.5 Å². The number of methoxy groups -OCH3 is 1. The van der Waals surface area contributed by atoms with E-state index in [2.05, 4.69) is 26.0 Å². The van der Waals surface area contributed by atoms with Crippen molar-refractivity contribution in [3.8, 4) is 11.5 Å². The molecular formula is C19H21BrN2O5S. The van der Waals surface area contributed by atoms with Gasteiger partial charge in [-0.3, -0.25) is 4.79 Å². The number of benzene rings is 2. The first kappa shape index (κ1) is 20.6. The van der Waals surface area contributed by atoms with Gasteiger partial charge in [-0.05, 0) is 71.2 Å². The van der Waals surface area contributed by atoms with Crippen molar-refractivity contribution >= 4 is 31.9 Å². The highest BCUT2D eigenvalue weighted by molar-refractivity contribution is 9.10. The Kier molecular flexibility index (Phi) is 6.58. The van der Waals surface area contributed by atoms with E-state index in [9.17, 15) is 13.2 Å². The highest BCUT2D eigenvalue weighted by Crippen LogP contribution is 2.25. The Hall–Kier alpha value is -2.10.